The first-order valence-electron chi connectivity index (χ1n) is 8.64. The maximum atomic E-state index is 12.7. The van der Waals surface area contributed by atoms with Crippen LogP contribution in [-0.2, 0) is 15.8 Å². The number of nitrogens with one attached hydrogen (secondary N) is 2. The minimum atomic E-state index is -1.38. The molecule has 0 spiro atoms. The van der Waals surface area contributed by atoms with Crippen LogP contribution in [0.1, 0.15) is 6.92 Å². The van der Waals surface area contributed by atoms with E-state index in [2.05, 4.69) is 5.32 Å². The van der Waals surface area contributed by atoms with Crippen molar-refractivity contribution >= 4 is 23.4 Å². The van der Waals surface area contributed by atoms with Crippen LogP contribution < -0.4 is 20.1 Å². The number of nitrogens with zero attached hydrogens (tertiary/aromatic N) is 1. The van der Waals surface area contributed by atoms with Crippen LogP contribution in [0.3, 0.4) is 0 Å². The molecule has 2 aromatic rings. The van der Waals surface area contributed by atoms with Crippen molar-refractivity contribution in [3.63, 3.8) is 0 Å². The molecule has 0 aliphatic carbocycles. The molecule has 9 nitrogen and oxygen atoms in total. The van der Waals surface area contributed by atoms with Gasteiger partial charge in [-0.15, -0.1) is 0 Å². The average molecular weight is 423 g/mol. The zero-order valence-corrected chi connectivity index (χ0v) is 17.0. The van der Waals surface area contributed by atoms with Gasteiger partial charge in [-0.25, -0.2) is 13.3 Å². The molecule has 29 heavy (non-hydrogen) atoms. The monoisotopic (exact) mass is 423 g/mol. The molecule has 0 saturated carbocycles. The lowest BCUT2D eigenvalue weighted by Gasteiger charge is -2.19. The fourth-order valence-electron chi connectivity index (χ4n) is 2.31. The maximum absolute atomic E-state index is 12.7. The van der Waals surface area contributed by atoms with E-state index in [0.29, 0.717) is 35.9 Å². The van der Waals surface area contributed by atoms with Gasteiger partial charge < -0.3 is 20.3 Å². The van der Waals surface area contributed by atoms with E-state index in [4.69, 9.17) is 9.47 Å². The number of amides is 3. The number of imide groups is 1. The first kappa shape index (κ1) is 24.1. The van der Waals surface area contributed by atoms with Crippen LogP contribution in [0.15, 0.2) is 53.4 Å². The highest BCUT2D eigenvalue weighted by molar-refractivity contribution is 7.82. The fourth-order valence-corrected chi connectivity index (χ4v) is 3.47. The number of hydrogen-bond donors (Lipinski definition) is 2. The molecule has 0 saturated heterocycles. The van der Waals surface area contributed by atoms with Crippen LogP contribution in [0, 0.1) is 0 Å². The van der Waals surface area contributed by atoms with Gasteiger partial charge in [0.1, 0.15) is 28.2 Å². The summed E-state index contributed by atoms with van der Waals surface area (Å²) in [5.41, 5.74) is 0. The standard InChI is InChI=1S/C19H23N3O5S.H2O/c1-3-22(13-12-20-19(24)21-14-23)28(25)18-10-8-17(9-11-18)27-16-6-4-15(26-2)5-7-16;/h4-11,14H,3,12-13H2,1-2H3,(H2,20,21,23,24);1H2. The van der Waals surface area contributed by atoms with Crippen LogP contribution in [0.4, 0.5) is 4.79 Å². The fraction of sp³-hybridized carbons (Fsp3) is 0.263. The minimum Gasteiger partial charge on any atom is -0.497 e. The second kappa shape index (κ2) is 12.5. The second-order valence-corrected chi connectivity index (χ2v) is 7.02. The van der Waals surface area contributed by atoms with Crippen LogP contribution >= 0.6 is 0 Å². The molecule has 3 amide bonds. The summed E-state index contributed by atoms with van der Waals surface area (Å²) in [6, 6.07) is 13.6. The summed E-state index contributed by atoms with van der Waals surface area (Å²) in [6.07, 6.45) is 0.306. The second-order valence-electron chi connectivity index (χ2n) is 5.54. The smallest absolute Gasteiger partial charge is 0.321 e. The van der Waals surface area contributed by atoms with Crippen molar-refractivity contribution in [3.8, 4) is 17.2 Å². The van der Waals surface area contributed by atoms with Crippen LogP contribution in [0.5, 0.6) is 17.2 Å². The predicted octanol–water partition coefficient (Wildman–Crippen LogP) is 1.46. The first-order chi connectivity index (χ1) is 13.6. The Labute approximate surface area is 171 Å². The number of likely N-dealkylation sites (N-methyl/N-ethyl adjacent to an activating group) is 1. The quantitative estimate of drug-likeness (QED) is 0.559. The predicted molar refractivity (Wildman–Crippen MR) is 109 cm³/mol. The largest absolute Gasteiger partial charge is 0.497 e. The molecular weight excluding hydrogens is 398 g/mol. The Morgan fingerprint density at radius 3 is 2.14 bits per heavy atom. The minimum absolute atomic E-state index is 0. The number of urea groups is 1. The number of methoxy groups -OCH3 is 1. The van der Waals surface area contributed by atoms with Gasteiger partial charge in [0.15, 0.2) is 0 Å². The van der Waals surface area contributed by atoms with E-state index in [1.165, 1.54) is 0 Å². The van der Waals surface area contributed by atoms with Crippen molar-refractivity contribution < 1.29 is 28.7 Å². The number of ether oxygens (including phenoxy) is 2. The van der Waals surface area contributed by atoms with Gasteiger partial charge in [-0.1, -0.05) is 6.92 Å². The maximum Gasteiger partial charge on any atom is 0.321 e. The summed E-state index contributed by atoms with van der Waals surface area (Å²) < 4.78 is 25.3. The summed E-state index contributed by atoms with van der Waals surface area (Å²) in [6.45, 7) is 3.05. The lowest BCUT2D eigenvalue weighted by Crippen LogP contribution is -2.40. The molecule has 0 aromatic heterocycles. The average Bonchev–Trinajstić information content (AvgIpc) is 2.72. The van der Waals surface area contributed by atoms with E-state index < -0.39 is 17.0 Å². The number of carbonyl (C=O) groups excluding carboxylic acids is 2. The van der Waals surface area contributed by atoms with Crippen LogP contribution in [0.2, 0.25) is 0 Å². The van der Waals surface area contributed by atoms with E-state index in [9.17, 15) is 13.8 Å². The topological polar surface area (TPSA) is 128 Å². The third-order valence-corrected chi connectivity index (χ3v) is 5.33. The molecule has 158 valence electrons. The highest BCUT2D eigenvalue weighted by Crippen LogP contribution is 2.25. The van der Waals surface area contributed by atoms with E-state index in [1.807, 2.05) is 12.2 Å². The molecule has 0 aliphatic heterocycles. The Morgan fingerprint density at radius 1 is 1.07 bits per heavy atom. The van der Waals surface area contributed by atoms with Gasteiger partial charge in [-0.3, -0.25) is 10.1 Å². The van der Waals surface area contributed by atoms with Gasteiger partial charge in [0.25, 0.3) is 0 Å². The summed E-state index contributed by atoms with van der Waals surface area (Å²) in [5, 5.41) is 4.50. The molecular formula is C19H25N3O6S. The Bertz CT molecular complexity index is 799. The molecule has 0 aliphatic rings. The van der Waals surface area contributed by atoms with Gasteiger partial charge in [-0.05, 0) is 48.5 Å². The van der Waals surface area contributed by atoms with Crippen molar-refractivity contribution in [2.45, 2.75) is 11.8 Å². The zero-order chi connectivity index (χ0) is 20.4. The SMILES string of the molecule is CCN(CCNC(=O)NC=O)S(=O)c1ccc(Oc2ccc(OC)cc2)cc1.O. The first-order valence-corrected chi connectivity index (χ1v) is 9.75. The Hall–Kier alpha value is -2.95. The highest BCUT2D eigenvalue weighted by Gasteiger charge is 2.14. The van der Waals surface area contributed by atoms with Gasteiger partial charge in [-0.2, -0.15) is 0 Å². The normalized spacial score (nSPS) is 11.1. The summed E-state index contributed by atoms with van der Waals surface area (Å²) in [4.78, 5) is 22.0. The Kier molecular flexibility index (Phi) is 10.4. The molecule has 0 radical (unpaired) electrons. The number of hydrogen-bond acceptors (Lipinski definition) is 5. The molecule has 10 heteroatoms. The summed E-state index contributed by atoms with van der Waals surface area (Å²) in [5.74, 6) is 2.04. The molecule has 4 N–H and O–H groups in total. The van der Waals surface area contributed by atoms with Gasteiger partial charge >= 0.3 is 6.03 Å². The zero-order valence-electron chi connectivity index (χ0n) is 16.2. The Balaban J connectivity index is 0.00000420. The lowest BCUT2D eigenvalue weighted by atomic mass is 10.3. The summed E-state index contributed by atoms with van der Waals surface area (Å²) >= 11 is 0. The molecule has 1 unspecified atom stereocenters. The van der Waals surface area contributed by atoms with Crippen molar-refractivity contribution in [2.24, 2.45) is 0 Å². The summed E-state index contributed by atoms with van der Waals surface area (Å²) in [7, 11) is 0.223. The van der Waals surface area contributed by atoms with Gasteiger partial charge in [0, 0.05) is 19.6 Å². The van der Waals surface area contributed by atoms with Crippen molar-refractivity contribution in [1.29, 1.82) is 0 Å². The van der Waals surface area contributed by atoms with E-state index >= 15 is 0 Å². The van der Waals surface area contributed by atoms with Gasteiger partial charge in [0.05, 0.1) is 12.0 Å². The van der Waals surface area contributed by atoms with Crippen molar-refractivity contribution in [2.75, 3.05) is 26.7 Å². The molecule has 1 atom stereocenters. The lowest BCUT2D eigenvalue weighted by molar-refractivity contribution is -0.108. The van der Waals surface area contributed by atoms with Crippen LogP contribution in [0.25, 0.3) is 0 Å². The third kappa shape index (κ3) is 7.53. The van der Waals surface area contributed by atoms with Crippen molar-refractivity contribution in [3.05, 3.63) is 48.5 Å². The van der Waals surface area contributed by atoms with E-state index in [0.717, 1.165) is 5.75 Å². The number of rotatable bonds is 10. The van der Waals surface area contributed by atoms with E-state index in [-0.39, 0.29) is 12.0 Å². The van der Waals surface area contributed by atoms with Crippen LogP contribution in [-0.4, -0.2) is 53.2 Å². The van der Waals surface area contributed by atoms with Crippen molar-refractivity contribution in [1.82, 2.24) is 14.9 Å². The van der Waals surface area contributed by atoms with Gasteiger partial charge in [0.2, 0.25) is 6.41 Å². The molecule has 0 fully saturated rings. The molecule has 2 aromatic carbocycles. The molecule has 0 heterocycles. The number of carbonyl (C=O) groups is 2. The highest BCUT2D eigenvalue weighted by atomic mass is 32.2. The third-order valence-electron chi connectivity index (χ3n) is 3.74. The Morgan fingerprint density at radius 2 is 1.62 bits per heavy atom. The van der Waals surface area contributed by atoms with E-state index in [1.54, 1.807) is 59.9 Å². The molecule has 0 bridgehead atoms. The molecule has 2 rings (SSSR count). The number of benzene rings is 2.